The first-order valence-corrected chi connectivity index (χ1v) is 8.61. The van der Waals surface area contributed by atoms with Crippen LogP contribution in [0.2, 0.25) is 0 Å². The third-order valence-corrected chi connectivity index (χ3v) is 5.49. The Morgan fingerprint density at radius 1 is 1.18 bits per heavy atom. The van der Waals surface area contributed by atoms with Crippen LogP contribution in [-0.2, 0) is 5.75 Å². The third-order valence-electron chi connectivity index (χ3n) is 3.24. The van der Waals surface area contributed by atoms with Crippen LogP contribution >= 0.6 is 23.1 Å². The van der Waals surface area contributed by atoms with Gasteiger partial charge in [-0.2, -0.15) is 0 Å². The molecule has 0 aliphatic carbocycles. The molecule has 0 saturated carbocycles. The van der Waals surface area contributed by atoms with E-state index in [0.717, 1.165) is 32.8 Å². The molecule has 0 fully saturated rings. The van der Waals surface area contributed by atoms with Crippen molar-refractivity contribution in [3.8, 4) is 17.2 Å². The summed E-state index contributed by atoms with van der Waals surface area (Å²) < 4.78 is 11.8. The van der Waals surface area contributed by atoms with Gasteiger partial charge in [-0.05, 0) is 38.1 Å². The lowest BCUT2D eigenvalue weighted by atomic mass is 10.2. The van der Waals surface area contributed by atoms with Gasteiger partial charge in [0.2, 0.25) is 5.89 Å². The highest BCUT2D eigenvalue weighted by Gasteiger charge is 2.09. The number of thioether (sulfide) groups is 1. The maximum atomic E-state index is 5.56. The van der Waals surface area contributed by atoms with Crippen LogP contribution in [0.15, 0.2) is 39.3 Å². The van der Waals surface area contributed by atoms with E-state index in [1.165, 1.54) is 4.88 Å². The van der Waals surface area contributed by atoms with E-state index < -0.39 is 0 Å². The lowest BCUT2D eigenvalue weighted by molar-refractivity contribution is 0.415. The van der Waals surface area contributed by atoms with Gasteiger partial charge in [-0.15, -0.1) is 11.3 Å². The summed E-state index contributed by atoms with van der Waals surface area (Å²) in [5, 5.41) is 0. The summed E-state index contributed by atoms with van der Waals surface area (Å²) in [6.07, 6.45) is 1.71. The van der Waals surface area contributed by atoms with Gasteiger partial charge in [0.1, 0.15) is 12.0 Å². The van der Waals surface area contributed by atoms with Crippen molar-refractivity contribution < 1.29 is 9.15 Å². The Kier molecular flexibility index (Phi) is 4.49. The number of thiazole rings is 1. The highest BCUT2D eigenvalue weighted by Crippen LogP contribution is 2.30. The minimum atomic E-state index is 0.629. The molecule has 2 aromatic heterocycles. The van der Waals surface area contributed by atoms with Gasteiger partial charge >= 0.3 is 0 Å². The zero-order valence-electron chi connectivity index (χ0n) is 12.6. The summed E-state index contributed by atoms with van der Waals surface area (Å²) in [5.74, 6) is 2.21. The van der Waals surface area contributed by atoms with E-state index in [2.05, 4.69) is 16.9 Å². The van der Waals surface area contributed by atoms with E-state index in [1.54, 1.807) is 36.5 Å². The van der Waals surface area contributed by atoms with Gasteiger partial charge in [0, 0.05) is 16.2 Å². The molecule has 3 rings (SSSR count). The number of ether oxygens (including phenoxy) is 1. The first-order chi connectivity index (χ1) is 10.7. The van der Waals surface area contributed by atoms with Crippen molar-refractivity contribution in [2.45, 2.75) is 23.9 Å². The second kappa shape index (κ2) is 6.54. The number of methoxy groups -OCH3 is 1. The van der Waals surface area contributed by atoms with Gasteiger partial charge in [-0.1, -0.05) is 11.8 Å². The predicted octanol–water partition coefficient (Wildman–Crippen LogP) is 4.72. The fourth-order valence-corrected chi connectivity index (χ4v) is 3.91. The fourth-order valence-electron chi connectivity index (χ4n) is 1.88. The standard InChI is InChI=1S/C16H16N2O2S2/c1-10-11(2)22-16(17-10)21-9-13-8-20-15(18-13)12-4-6-14(19-3)7-5-12/h4-8H,9H2,1-3H3. The van der Waals surface area contributed by atoms with Crippen LogP contribution in [0, 0.1) is 13.8 Å². The quantitative estimate of drug-likeness (QED) is 0.633. The Morgan fingerprint density at radius 3 is 2.59 bits per heavy atom. The molecule has 0 aliphatic heterocycles. The SMILES string of the molecule is COc1ccc(-c2nc(CSc3nc(C)c(C)s3)co2)cc1. The molecule has 114 valence electrons. The second-order valence-corrected chi connectivity index (χ2v) is 7.21. The molecule has 0 N–H and O–H groups in total. The number of nitrogens with zero attached hydrogens (tertiary/aromatic N) is 2. The molecule has 0 bridgehead atoms. The first kappa shape index (κ1) is 15.1. The predicted molar refractivity (Wildman–Crippen MR) is 89.6 cm³/mol. The normalized spacial score (nSPS) is 10.9. The number of hydrogen-bond acceptors (Lipinski definition) is 6. The van der Waals surface area contributed by atoms with Crippen LogP contribution in [0.5, 0.6) is 5.75 Å². The van der Waals surface area contributed by atoms with Gasteiger partial charge in [0.15, 0.2) is 4.34 Å². The lowest BCUT2D eigenvalue weighted by Gasteiger charge is -1.99. The summed E-state index contributed by atoms with van der Waals surface area (Å²) in [5.41, 5.74) is 2.96. The van der Waals surface area contributed by atoms with Crippen LogP contribution in [0.4, 0.5) is 0 Å². The van der Waals surface area contributed by atoms with Gasteiger partial charge < -0.3 is 9.15 Å². The molecule has 0 radical (unpaired) electrons. The highest BCUT2D eigenvalue weighted by molar-refractivity contribution is 8.00. The van der Waals surface area contributed by atoms with Crippen LogP contribution in [-0.4, -0.2) is 17.1 Å². The molecule has 22 heavy (non-hydrogen) atoms. The fraction of sp³-hybridized carbons (Fsp3) is 0.250. The summed E-state index contributed by atoms with van der Waals surface area (Å²) in [7, 11) is 1.65. The lowest BCUT2D eigenvalue weighted by Crippen LogP contribution is -1.84. The average Bonchev–Trinajstić information content (AvgIpc) is 3.13. The van der Waals surface area contributed by atoms with E-state index in [0.29, 0.717) is 5.89 Å². The number of aryl methyl sites for hydroxylation is 2. The second-order valence-electron chi connectivity index (χ2n) is 4.78. The van der Waals surface area contributed by atoms with Gasteiger partial charge in [-0.25, -0.2) is 9.97 Å². The molecule has 2 heterocycles. The largest absolute Gasteiger partial charge is 0.497 e. The summed E-state index contributed by atoms with van der Waals surface area (Å²) in [6, 6.07) is 7.68. The molecular weight excluding hydrogens is 316 g/mol. The van der Waals surface area contributed by atoms with Crippen LogP contribution in [0.3, 0.4) is 0 Å². The molecule has 0 atom stereocenters. The average molecular weight is 332 g/mol. The van der Waals surface area contributed by atoms with Crippen molar-refractivity contribution in [2.24, 2.45) is 0 Å². The summed E-state index contributed by atoms with van der Waals surface area (Å²) in [4.78, 5) is 10.3. The third kappa shape index (κ3) is 3.34. The van der Waals surface area contributed by atoms with Crippen molar-refractivity contribution in [2.75, 3.05) is 7.11 Å². The monoisotopic (exact) mass is 332 g/mol. The Balaban J connectivity index is 1.67. The number of hydrogen-bond donors (Lipinski definition) is 0. The molecule has 6 heteroatoms. The summed E-state index contributed by atoms with van der Waals surface area (Å²) >= 11 is 3.41. The zero-order chi connectivity index (χ0) is 15.5. The maximum absolute atomic E-state index is 5.56. The number of rotatable bonds is 5. The number of oxazole rings is 1. The van der Waals surface area contributed by atoms with Crippen molar-refractivity contribution in [1.82, 2.24) is 9.97 Å². The topological polar surface area (TPSA) is 48.2 Å². The minimum Gasteiger partial charge on any atom is -0.497 e. The molecule has 0 aliphatic rings. The number of benzene rings is 1. The Bertz CT molecular complexity index is 743. The van der Waals surface area contributed by atoms with Crippen molar-refractivity contribution >= 4 is 23.1 Å². The highest BCUT2D eigenvalue weighted by atomic mass is 32.2. The van der Waals surface area contributed by atoms with E-state index >= 15 is 0 Å². The Morgan fingerprint density at radius 2 is 1.95 bits per heavy atom. The van der Waals surface area contributed by atoms with Crippen LogP contribution in [0.25, 0.3) is 11.5 Å². The molecule has 3 aromatic rings. The zero-order valence-corrected chi connectivity index (χ0v) is 14.3. The molecule has 0 saturated heterocycles. The van der Waals surface area contributed by atoms with Crippen molar-refractivity contribution in [3.05, 3.63) is 46.8 Å². The van der Waals surface area contributed by atoms with Gasteiger partial charge in [0.05, 0.1) is 18.5 Å². The summed E-state index contributed by atoms with van der Waals surface area (Å²) in [6.45, 7) is 4.13. The molecule has 1 aromatic carbocycles. The molecule has 0 unspecified atom stereocenters. The molecule has 0 amide bonds. The Hall–Kier alpha value is -1.79. The molecular formula is C16H16N2O2S2. The van der Waals surface area contributed by atoms with Crippen molar-refractivity contribution in [1.29, 1.82) is 0 Å². The van der Waals surface area contributed by atoms with Crippen LogP contribution in [0.1, 0.15) is 16.3 Å². The van der Waals surface area contributed by atoms with E-state index in [-0.39, 0.29) is 0 Å². The van der Waals surface area contributed by atoms with E-state index in [1.807, 2.05) is 31.2 Å². The molecule has 4 nitrogen and oxygen atoms in total. The van der Waals surface area contributed by atoms with Gasteiger partial charge in [-0.3, -0.25) is 0 Å². The minimum absolute atomic E-state index is 0.629. The van der Waals surface area contributed by atoms with E-state index in [4.69, 9.17) is 9.15 Å². The first-order valence-electron chi connectivity index (χ1n) is 6.81. The van der Waals surface area contributed by atoms with Gasteiger partial charge in [0.25, 0.3) is 0 Å². The van der Waals surface area contributed by atoms with Crippen LogP contribution < -0.4 is 4.74 Å². The van der Waals surface area contributed by atoms with Crippen molar-refractivity contribution in [3.63, 3.8) is 0 Å². The number of aromatic nitrogens is 2. The maximum Gasteiger partial charge on any atom is 0.226 e. The van der Waals surface area contributed by atoms with E-state index in [9.17, 15) is 0 Å². The smallest absolute Gasteiger partial charge is 0.226 e. The Labute approximate surface area is 137 Å². The molecule has 0 spiro atoms.